The predicted molar refractivity (Wildman–Crippen MR) is 135 cm³/mol. The van der Waals surface area contributed by atoms with Gasteiger partial charge in [0.05, 0.1) is 18.4 Å². The number of hydrogen-bond acceptors (Lipinski definition) is 6. The van der Waals surface area contributed by atoms with Crippen molar-refractivity contribution in [3.8, 4) is 17.1 Å². The number of ether oxygens (including phenoxy) is 2. The highest BCUT2D eigenvalue weighted by atomic mass is 16.5. The van der Waals surface area contributed by atoms with Crippen molar-refractivity contribution in [2.24, 2.45) is 0 Å². The number of carbonyl (C=O) groups excluding carboxylic acids is 2. The van der Waals surface area contributed by atoms with Gasteiger partial charge in [-0.3, -0.25) is 0 Å². The normalized spacial score (nSPS) is 11.1. The van der Waals surface area contributed by atoms with E-state index in [0.717, 1.165) is 22.2 Å². The summed E-state index contributed by atoms with van der Waals surface area (Å²) in [6.45, 7) is 0.0737. The van der Waals surface area contributed by atoms with Crippen molar-refractivity contribution < 1.29 is 23.5 Å². The van der Waals surface area contributed by atoms with Crippen LogP contribution in [0, 0.1) is 0 Å². The SMILES string of the molecule is COC(=O)c1ccc(COC(=O)C=Cc2cn(-c3ccccc3)nc2-c2cc3ccccc3o2)cc1. The number of aromatic nitrogens is 2. The molecular weight excluding hydrogens is 456 g/mol. The van der Waals surface area contributed by atoms with Crippen LogP contribution in [0.3, 0.4) is 0 Å². The standard InChI is InChI=1S/C29H22N2O5/c1-34-29(33)21-13-11-20(12-14-21)19-35-27(32)16-15-23-18-31(24-8-3-2-4-9-24)30-28(23)26-17-22-7-5-6-10-25(22)36-26/h2-18H,19H2,1H3. The number of rotatable bonds is 7. The molecule has 0 fully saturated rings. The van der Waals surface area contributed by atoms with Crippen LogP contribution in [0.15, 0.2) is 102 Å². The summed E-state index contributed by atoms with van der Waals surface area (Å²) < 4.78 is 17.8. The molecule has 0 aliphatic heterocycles. The summed E-state index contributed by atoms with van der Waals surface area (Å²) in [6, 6.07) is 26.1. The molecule has 36 heavy (non-hydrogen) atoms. The molecule has 7 heteroatoms. The minimum absolute atomic E-state index is 0.0737. The highest BCUT2D eigenvalue weighted by Crippen LogP contribution is 2.30. The van der Waals surface area contributed by atoms with Crippen molar-refractivity contribution in [3.05, 3.63) is 114 Å². The highest BCUT2D eigenvalue weighted by Gasteiger charge is 2.15. The quantitative estimate of drug-likeness (QED) is 0.216. The zero-order valence-electron chi connectivity index (χ0n) is 19.5. The van der Waals surface area contributed by atoms with Crippen LogP contribution in [0.2, 0.25) is 0 Å². The Morgan fingerprint density at radius 2 is 1.72 bits per heavy atom. The molecule has 2 aromatic heterocycles. The molecule has 0 saturated heterocycles. The van der Waals surface area contributed by atoms with Crippen LogP contribution >= 0.6 is 0 Å². The number of carbonyl (C=O) groups is 2. The van der Waals surface area contributed by atoms with Gasteiger partial charge in [-0.25, -0.2) is 14.3 Å². The predicted octanol–water partition coefficient (Wildman–Crippen LogP) is 5.83. The number of esters is 2. The van der Waals surface area contributed by atoms with Crippen molar-refractivity contribution in [2.45, 2.75) is 6.61 Å². The van der Waals surface area contributed by atoms with Crippen LogP contribution in [-0.2, 0) is 20.9 Å². The van der Waals surface area contributed by atoms with Crippen LogP contribution < -0.4 is 0 Å². The molecule has 7 nitrogen and oxygen atoms in total. The molecule has 0 unspecified atom stereocenters. The monoisotopic (exact) mass is 478 g/mol. The van der Waals surface area contributed by atoms with Crippen LogP contribution in [0.5, 0.6) is 0 Å². The van der Waals surface area contributed by atoms with Gasteiger partial charge in [0.2, 0.25) is 0 Å². The van der Waals surface area contributed by atoms with E-state index < -0.39 is 11.9 Å². The van der Waals surface area contributed by atoms with Crippen LogP contribution in [0.25, 0.3) is 34.2 Å². The molecule has 178 valence electrons. The molecule has 0 aliphatic rings. The second-order valence-electron chi connectivity index (χ2n) is 7.99. The van der Waals surface area contributed by atoms with E-state index in [1.807, 2.05) is 66.9 Å². The number of para-hydroxylation sites is 2. The Morgan fingerprint density at radius 3 is 2.47 bits per heavy atom. The molecule has 0 aliphatic carbocycles. The van der Waals surface area contributed by atoms with E-state index in [2.05, 4.69) is 4.74 Å². The first-order valence-electron chi connectivity index (χ1n) is 11.3. The van der Waals surface area contributed by atoms with E-state index in [1.54, 1.807) is 35.0 Å². The second kappa shape index (κ2) is 10.1. The maximum atomic E-state index is 12.4. The van der Waals surface area contributed by atoms with Gasteiger partial charge < -0.3 is 13.9 Å². The molecule has 5 rings (SSSR count). The van der Waals surface area contributed by atoms with Gasteiger partial charge >= 0.3 is 11.9 Å². The smallest absolute Gasteiger partial charge is 0.337 e. The highest BCUT2D eigenvalue weighted by molar-refractivity contribution is 5.90. The topological polar surface area (TPSA) is 83.6 Å². The minimum atomic E-state index is -0.505. The molecule has 0 N–H and O–H groups in total. The summed E-state index contributed by atoms with van der Waals surface area (Å²) in [6.07, 6.45) is 4.87. The fraction of sp³-hybridized carbons (Fsp3) is 0.0690. The molecule has 0 spiro atoms. The summed E-state index contributed by atoms with van der Waals surface area (Å²) in [5.41, 5.74) is 4.14. The van der Waals surface area contributed by atoms with Gasteiger partial charge in [-0.15, -0.1) is 0 Å². The third-order valence-electron chi connectivity index (χ3n) is 5.58. The van der Waals surface area contributed by atoms with E-state index in [4.69, 9.17) is 14.3 Å². The number of fused-ring (bicyclic) bond motifs is 1. The van der Waals surface area contributed by atoms with Crippen molar-refractivity contribution >= 4 is 29.0 Å². The molecular formula is C29H22N2O5. The Kier molecular flexibility index (Phi) is 6.44. The van der Waals surface area contributed by atoms with Crippen LogP contribution in [0.4, 0.5) is 0 Å². The second-order valence-corrected chi connectivity index (χ2v) is 7.99. The fourth-order valence-corrected chi connectivity index (χ4v) is 3.73. The maximum Gasteiger partial charge on any atom is 0.337 e. The zero-order valence-corrected chi connectivity index (χ0v) is 19.5. The van der Waals surface area contributed by atoms with Gasteiger partial charge in [0.15, 0.2) is 5.76 Å². The van der Waals surface area contributed by atoms with Gasteiger partial charge in [0.25, 0.3) is 0 Å². The average molecular weight is 479 g/mol. The van der Waals surface area contributed by atoms with Gasteiger partial charge in [0, 0.05) is 23.2 Å². The summed E-state index contributed by atoms with van der Waals surface area (Å²) in [5, 5.41) is 5.70. The first-order valence-corrected chi connectivity index (χ1v) is 11.3. The van der Waals surface area contributed by atoms with E-state index in [1.165, 1.54) is 13.2 Å². The number of furan rings is 1. The Balaban J connectivity index is 1.36. The molecule has 2 heterocycles. The molecule has 0 amide bonds. The average Bonchev–Trinajstić information content (AvgIpc) is 3.55. The van der Waals surface area contributed by atoms with E-state index >= 15 is 0 Å². The maximum absolute atomic E-state index is 12.4. The van der Waals surface area contributed by atoms with Crippen molar-refractivity contribution in [3.63, 3.8) is 0 Å². The molecule has 0 bridgehead atoms. The van der Waals surface area contributed by atoms with E-state index in [0.29, 0.717) is 22.6 Å². The van der Waals surface area contributed by atoms with Gasteiger partial charge in [-0.2, -0.15) is 5.10 Å². The number of benzene rings is 3. The fourth-order valence-electron chi connectivity index (χ4n) is 3.73. The lowest BCUT2D eigenvalue weighted by Gasteiger charge is -2.04. The Morgan fingerprint density at radius 1 is 0.972 bits per heavy atom. The first-order chi connectivity index (χ1) is 17.6. The minimum Gasteiger partial charge on any atom is -0.465 e. The summed E-state index contributed by atoms with van der Waals surface area (Å²) in [4.78, 5) is 24.0. The number of hydrogen-bond donors (Lipinski definition) is 0. The number of nitrogens with zero attached hydrogens (tertiary/aromatic N) is 2. The molecule has 0 radical (unpaired) electrons. The largest absolute Gasteiger partial charge is 0.465 e. The van der Waals surface area contributed by atoms with Crippen LogP contribution in [-0.4, -0.2) is 28.8 Å². The van der Waals surface area contributed by atoms with Crippen molar-refractivity contribution in [1.29, 1.82) is 0 Å². The molecule has 0 saturated carbocycles. The Hall–Kier alpha value is -4.91. The van der Waals surface area contributed by atoms with Gasteiger partial charge in [0.1, 0.15) is 17.9 Å². The van der Waals surface area contributed by atoms with Crippen molar-refractivity contribution in [1.82, 2.24) is 9.78 Å². The number of methoxy groups -OCH3 is 1. The van der Waals surface area contributed by atoms with Crippen LogP contribution in [0.1, 0.15) is 21.5 Å². The van der Waals surface area contributed by atoms with E-state index in [-0.39, 0.29) is 6.61 Å². The third kappa shape index (κ3) is 4.95. The van der Waals surface area contributed by atoms with Gasteiger partial charge in [-0.05, 0) is 48.0 Å². The summed E-state index contributed by atoms with van der Waals surface area (Å²) >= 11 is 0. The molecule has 5 aromatic rings. The first kappa shape index (κ1) is 22.9. The van der Waals surface area contributed by atoms with E-state index in [9.17, 15) is 9.59 Å². The lowest BCUT2D eigenvalue weighted by molar-refractivity contribution is -0.138. The Bertz CT molecular complexity index is 1510. The lowest BCUT2D eigenvalue weighted by Crippen LogP contribution is -2.03. The van der Waals surface area contributed by atoms with Gasteiger partial charge in [-0.1, -0.05) is 48.5 Å². The zero-order chi connectivity index (χ0) is 24.9. The third-order valence-corrected chi connectivity index (χ3v) is 5.58. The lowest BCUT2D eigenvalue weighted by atomic mass is 10.1. The molecule has 3 aromatic carbocycles. The Labute approximate surface area is 207 Å². The molecule has 0 atom stereocenters. The summed E-state index contributed by atoms with van der Waals surface area (Å²) in [5.74, 6) is -0.322. The van der Waals surface area contributed by atoms with Crippen molar-refractivity contribution in [2.75, 3.05) is 7.11 Å². The summed E-state index contributed by atoms with van der Waals surface area (Å²) in [7, 11) is 1.33.